The molecule has 4 aliphatic rings. The van der Waals surface area contributed by atoms with Gasteiger partial charge in [-0.1, -0.05) is 84.1 Å². The summed E-state index contributed by atoms with van der Waals surface area (Å²) in [6.45, 7) is 7.54. The Morgan fingerprint density at radius 1 is 0.944 bits per heavy atom. The normalized spacial score (nSPS) is 35.4. The van der Waals surface area contributed by atoms with Gasteiger partial charge in [-0.15, -0.1) is 0 Å². The van der Waals surface area contributed by atoms with E-state index in [1.807, 2.05) is 6.08 Å². The molecule has 0 aromatic rings. The molecule has 0 spiro atoms. The first-order chi connectivity index (χ1) is 17.4. The van der Waals surface area contributed by atoms with E-state index in [4.69, 9.17) is 9.47 Å². The minimum atomic E-state index is -0.452. The molecule has 0 saturated heterocycles. The fourth-order valence-corrected chi connectivity index (χ4v) is 8.81. The van der Waals surface area contributed by atoms with Crippen LogP contribution in [0, 0.1) is 35.0 Å². The van der Waals surface area contributed by atoms with Crippen LogP contribution in [0.4, 0.5) is 4.79 Å². The Morgan fingerprint density at radius 2 is 1.64 bits per heavy atom. The van der Waals surface area contributed by atoms with Crippen LogP contribution >= 0.6 is 0 Å². The molecular formula is C32H52O4. The number of rotatable bonds is 12. The predicted octanol–water partition coefficient (Wildman–Crippen LogP) is 8.82. The van der Waals surface area contributed by atoms with Crippen LogP contribution in [-0.2, 0) is 14.3 Å². The van der Waals surface area contributed by atoms with Crippen molar-refractivity contribution < 1.29 is 19.1 Å². The van der Waals surface area contributed by atoms with Gasteiger partial charge >= 0.3 is 6.16 Å². The van der Waals surface area contributed by atoms with Crippen LogP contribution in [0.2, 0.25) is 0 Å². The summed E-state index contributed by atoms with van der Waals surface area (Å²) in [5.41, 5.74) is 1.49. The van der Waals surface area contributed by atoms with Gasteiger partial charge < -0.3 is 9.47 Å². The molecule has 36 heavy (non-hydrogen) atoms. The van der Waals surface area contributed by atoms with Gasteiger partial charge in [-0.3, -0.25) is 4.79 Å². The van der Waals surface area contributed by atoms with Gasteiger partial charge in [-0.05, 0) is 80.6 Å². The molecule has 0 aliphatic heterocycles. The van der Waals surface area contributed by atoms with Gasteiger partial charge in [0.15, 0.2) is 5.78 Å². The smallest absolute Gasteiger partial charge is 0.434 e. The van der Waals surface area contributed by atoms with Crippen LogP contribution in [0.5, 0.6) is 0 Å². The Kier molecular flexibility index (Phi) is 9.98. The van der Waals surface area contributed by atoms with E-state index in [2.05, 4.69) is 20.8 Å². The molecule has 0 aromatic heterocycles. The number of allylic oxidation sites excluding steroid dienone is 1. The summed E-state index contributed by atoms with van der Waals surface area (Å²) in [5, 5.41) is 0. The van der Waals surface area contributed by atoms with Gasteiger partial charge in [0.2, 0.25) is 0 Å². The average molecular weight is 501 g/mol. The number of unbranched alkanes of at least 4 members (excludes halogenated alkanes) is 9. The fraction of sp³-hybridized carbons (Fsp3) is 0.875. The molecule has 1 unspecified atom stereocenters. The summed E-state index contributed by atoms with van der Waals surface area (Å²) in [6.07, 6.45) is 21.6. The van der Waals surface area contributed by atoms with Crippen molar-refractivity contribution in [2.75, 3.05) is 6.61 Å². The molecule has 0 radical (unpaired) electrons. The molecule has 3 fully saturated rings. The summed E-state index contributed by atoms with van der Waals surface area (Å²) in [7, 11) is 0. The average Bonchev–Trinajstić information content (AvgIpc) is 3.17. The van der Waals surface area contributed by atoms with Gasteiger partial charge in [0.1, 0.15) is 6.10 Å². The molecule has 4 aliphatic carbocycles. The summed E-state index contributed by atoms with van der Waals surface area (Å²) >= 11 is 0. The number of hydrogen-bond acceptors (Lipinski definition) is 4. The lowest BCUT2D eigenvalue weighted by Crippen LogP contribution is -2.51. The molecule has 204 valence electrons. The van der Waals surface area contributed by atoms with Crippen molar-refractivity contribution in [3.63, 3.8) is 0 Å². The zero-order valence-electron chi connectivity index (χ0n) is 23.4. The van der Waals surface area contributed by atoms with Crippen molar-refractivity contribution in [3.05, 3.63) is 11.6 Å². The largest absolute Gasteiger partial charge is 0.508 e. The van der Waals surface area contributed by atoms with Crippen LogP contribution in [0.1, 0.15) is 130 Å². The van der Waals surface area contributed by atoms with E-state index >= 15 is 0 Å². The topological polar surface area (TPSA) is 52.6 Å². The Balaban J connectivity index is 1.18. The first kappa shape index (κ1) is 27.7. The minimum absolute atomic E-state index is 0.0176. The van der Waals surface area contributed by atoms with Gasteiger partial charge in [-0.25, -0.2) is 4.79 Å². The predicted molar refractivity (Wildman–Crippen MR) is 145 cm³/mol. The standard InChI is InChI=1S/C32H52O4/c1-4-5-6-7-8-9-10-11-12-13-20-35-31(34)36-29-19-18-28-27-16-14-24-21-25(33)15-17-26(24)30(27)23(2)22-32(28,29)3/h21,23,26-30H,4-20,22H2,1-3H3/t23-,26-,27-,28-,29?,30+,32-/m0/s1. The third-order valence-corrected chi connectivity index (χ3v) is 10.5. The Morgan fingerprint density at radius 3 is 2.36 bits per heavy atom. The van der Waals surface area contributed by atoms with E-state index in [1.54, 1.807) is 0 Å². The van der Waals surface area contributed by atoms with Crippen LogP contribution in [0.3, 0.4) is 0 Å². The lowest BCUT2D eigenvalue weighted by molar-refractivity contribution is -0.117. The maximum absolute atomic E-state index is 12.6. The third kappa shape index (κ3) is 6.38. The molecule has 4 heteroatoms. The van der Waals surface area contributed by atoms with Gasteiger partial charge in [-0.2, -0.15) is 0 Å². The first-order valence-electron chi connectivity index (χ1n) is 15.5. The number of carbonyl (C=O) groups excluding carboxylic acids is 2. The highest BCUT2D eigenvalue weighted by Gasteiger charge is 2.59. The van der Waals surface area contributed by atoms with Crippen LogP contribution < -0.4 is 0 Å². The van der Waals surface area contributed by atoms with E-state index in [0.29, 0.717) is 42.0 Å². The molecule has 0 bridgehead atoms. The molecule has 3 saturated carbocycles. The molecule has 4 rings (SSSR count). The molecule has 0 N–H and O–H groups in total. The monoisotopic (exact) mass is 500 g/mol. The lowest BCUT2D eigenvalue weighted by atomic mass is 9.49. The summed E-state index contributed by atoms with van der Waals surface area (Å²) in [6, 6.07) is 0. The SMILES string of the molecule is CCCCCCCCCCCCOC(=O)OC1CC[C@H]2[C@@H]3CCC4=CC(=O)CC[C@@H]4[C@H]3[C@@H](C)C[C@]12C. The number of carbonyl (C=O) groups is 2. The van der Waals surface area contributed by atoms with E-state index < -0.39 is 6.16 Å². The first-order valence-corrected chi connectivity index (χ1v) is 15.5. The number of fused-ring (bicyclic) bond motifs is 5. The van der Waals surface area contributed by atoms with Crippen molar-refractivity contribution in [2.45, 2.75) is 136 Å². The van der Waals surface area contributed by atoms with Crippen LogP contribution in [0.25, 0.3) is 0 Å². The lowest BCUT2D eigenvalue weighted by Gasteiger charge is -2.56. The van der Waals surface area contributed by atoms with Gasteiger partial charge in [0, 0.05) is 11.8 Å². The molecule has 0 heterocycles. The second kappa shape index (κ2) is 13.0. The van der Waals surface area contributed by atoms with Crippen LogP contribution in [-0.4, -0.2) is 24.6 Å². The van der Waals surface area contributed by atoms with E-state index in [-0.39, 0.29) is 11.5 Å². The second-order valence-corrected chi connectivity index (χ2v) is 12.9. The van der Waals surface area contributed by atoms with Crippen molar-refractivity contribution in [2.24, 2.45) is 35.0 Å². The van der Waals surface area contributed by atoms with E-state index in [9.17, 15) is 9.59 Å². The van der Waals surface area contributed by atoms with Gasteiger partial charge in [0.25, 0.3) is 0 Å². The van der Waals surface area contributed by atoms with Gasteiger partial charge in [0.05, 0.1) is 6.61 Å². The Labute approximate surface area is 220 Å². The zero-order valence-corrected chi connectivity index (χ0v) is 23.4. The minimum Gasteiger partial charge on any atom is -0.434 e. The molecule has 7 atom stereocenters. The maximum atomic E-state index is 12.6. The second-order valence-electron chi connectivity index (χ2n) is 12.9. The quantitative estimate of drug-likeness (QED) is 0.198. The molecule has 4 nitrogen and oxygen atoms in total. The van der Waals surface area contributed by atoms with E-state index in [0.717, 1.165) is 51.4 Å². The van der Waals surface area contributed by atoms with Crippen molar-refractivity contribution in [1.29, 1.82) is 0 Å². The highest BCUT2D eigenvalue weighted by atomic mass is 16.7. The molecular weight excluding hydrogens is 448 g/mol. The van der Waals surface area contributed by atoms with Crippen molar-refractivity contribution >= 4 is 11.9 Å². The Bertz CT molecular complexity index is 772. The highest BCUT2D eigenvalue weighted by Crippen LogP contribution is 2.64. The van der Waals surface area contributed by atoms with E-state index in [1.165, 1.54) is 63.4 Å². The third-order valence-electron chi connectivity index (χ3n) is 10.5. The van der Waals surface area contributed by atoms with Crippen molar-refractivity contribution in [3.8, 4) is 0 Å². The van der Waals surface area contributed by atoms with Crippen molar-refractivity contribution in [1.82, 2.24) is 0 Å². The number of ketones is 1. The highest BCUT2D eigenvalue weighted by molar-refractivity contribution is 5.91. The summed E-state index contributed by atoms with van der Waals surface area (Å²) in [4.78, 5) is 24.6. The zero-order chi connectivity index (χ0) is 25.5. The maximum Gasteiger partial charge on any atom is 0.508 e. The number of ether oxygens (including phenoxy) is 2. The molecule has 0 aromatic carbocycles. The van der Waals surface area contributed by atoms with Crippen LogP contribution in [0.15, 0.2) is 11.6 Å². The Hall–Kier alpha value is -1.32. The summed E-state index contributed by atoms with van der Waals surface area (Å²) < 4.78 is 11.5. The summed E-state index contributed by atoms with van der Waals surface area (Å²) in [5.74, 6) is 3.55. The fourth-order valence-electron chi connectivity index (χ4n) is 8.81. The number of hydrogen-bond donors (Lipinski definition) is 0. The molecule has 0 amide bonds.